The number of nitrogens with zero attached hydrogens (tertiary/aromatic N) is 1. The minimum Gasteiger partial charge on any atom is -0.490 e. The molecule has 0 spiro atoms. The van der Waals surface area contributed by atoms with E-state index in [4.69, 9.17) is 21.1 Å². The smallest absolute Gasteiger partial charge is 0.271 e. The maximum absolute atomic E-state index is 13.1. The Balaban J connectivity index is 1.73. The predicted molar refractivity (Wildman–Crippen MR) is 120 cm³/mol. The maximum atomic E-state index is 13.1. The van der Waals surface area contributed by atoms with Crippen LogP contribution in [0.1, 0.15) is 34.0 Å². The number of benzene rings is 3. The molecule has 31 heavy (non-hydrogen) atoms. The van der Waals surface area contributed by atoms with Crippen LogP contribution in [-0.4, -0.2) is 18.7 Å². The second-order valence-electron chi connectivity index (χ2n) is 6.69. The number of halogens is 2. The lowest BCUT2D eigenvalue weighted by Gasteiger charge is -2.14. The van der Waals surface area contributed by atoms with Crippen LogP contribution in [0.4, 0.5) is 4.39 Å². The van der Waals surface area contributed by atoms with Crippen LogP contribution in [0.2, 0.25) is 5.02 Å². The molecule has 0 bridgehead atoms. The van der Waals surface area contributed by atoms with Crippen LogP contribution in [0.25, 0.3) is 0 Å². The molecule has 3 aromatic rings. The molecular formula is C24H22ClFN2O3. The highest BCUT2D eigenvalue weighted by atomic mass is 35.5. The Morgan fingerprint density at radius 2 is 1.87 bits per heavy atom. The number of amides is 1. The van der Waals surface area contributed by atoms with Crippen molar-refractivity contribution in [2.45, 2.75) is 20.5 Å². The van der Waals surface area contributed by atoms with Gasteiger partial charge in [-0.1, -0.05) is 41.9 Å². The van der Waals surface area contributed by atoms with Gasteiger partial charge in [-0.25, -0.2) is 9.82 Å². The van der Waals surface area contributed by atoms with Crippen LogP contribution in [-0.2, 0) is 6.61 Å². The number of nitrogens with one attached hydrogen (secondary N) is 1. The summed E-state index contributed by atoms with van der Waals surface area (Å²) in [6, 6.07) is 16.7. The molecule has 160 valence electrons. The molecule has 0 atom stereocenters. The van der Waals surface area contributed by atoms with Crippen molar-refractivity contribution in [2.24, 2.45) is 5.10 Å². The minimum atomic E-state index is -0.310. The zero-order valence-corrected chi connectivity index (χ0v) is 17.9. The molecule has 5 nitrogen and oxygen atoms in total. The second-order valence-corrected chi connectivity index (χ2v) is 7.10. The van der Waals surface area contributed by atoms with Gasteiger partial charge in [-0.2, -0.15) is 5.10 Å². The Morgan fingerprint density at radius 3 is 2.58 bits per heavy atom. The van der Waals surface area contributed by atoms with Crippen LogP contribution >= 0.6 is 11.6 Å². The van der Waals surface area contributed by atoms with Crippen molar-refractivity contribution in [1.29, 1.82) is 0 Å². The van der Waals surface area contributed by atoms with Crippen molar-refractivity contribution in [3.05, 3.63) is 93.8 Å². The number of hydrogen-bond acceptors (Lipinski definition) is 4. The maximum Gasteiger partial charge on any atom is 0.271 e. The molecule has 0 aliphatic carbocycles. The van der Waals surface area contributed by atoms with Gasteiger partial charge < -0.3 is 9.47 Å². The van der Waals surface area contributed by atoms with Crippen molar-refractivity contribution in [3.8, 4) is 11.5 Å². The number of hydrogen-bond donors (Lipinski definition) is 1. The highest BCUT2D eigenvalue weighted by Crippen LogP contribution is 2.37. The molecule has 0 unspecified atom stereocenters. The highest BCUT2D eigenvalue weighted by Gasteiger charge is 2.13. The summed E-state index contributed by atoms with van der Waals surface area (Å²) in [5.41, 5.74) is 5.35. The van der Waals surface area contributed by atoms with Gasteiger partial charge in [-0.15, -0.1) is 0 Å². The molecule has 3 aromatic carbocycles. The van der Waals surface area contributed by atoms with Crippen molar-refractivity contribution in [2.75, 3.05) is 6.61 Å². The lowest BCUT2D eigenvalue weighted by atomic mass is 10.1. The zero-order valence-electron chi connectivity index (χ0n) is 17.2. The van der Waals surface area contributed by atoms with E-state index < -0.39 is 0 Å². The van der Waals surface area contributed by atoms with E-state index in [2.05, 4.69) is 10.5 Å². The van der Waals surface area contributed by atoms with Gasteiger partial charge in [0.1, 0.15) is 12.4 Å². The van der Waals surface area contributed by atoms with E-state index in [0.29, 0.717) is 34.3 Å². The van der Waals surface area contributed by atoms with Gasteiger partial charge in [-0.05, 0) is 60.9 Å². The Labute approximate surface area is 185 Å². The van der Waals surface area contributed by atoms with Gasteiger partial charge in [0.25, 0.3) is 5.91 Å². The molecule has 1 N–H and O–H groups in total. The van der Waals surface area contributed by atoms with Crippen LogP contribution in [0.3, 0.4) is 0 Å². The summed E-state index contributed by atoms with van der Waals surface area (Å²) in [4.78, 5) is 12.3. The summed E-state index contributed by atoms with van der Waals surface area (Å²) in [5, 5.41) is 4.35. The molecule has 0 aromatic heterocycles. The Bertz CT molecular complexity index is 1080. The van der Waals surface area contributed by atoms with Gasteiger partial charge >= 0.3 is 0 Å². The normalized spacial score (nSPS) is 10.8. The average molecular weight is 441 g/mol. The first-order valence-electron chi connectivity index (χ1n) is 9.70. The van der Waals surface area contributed by atoms with Crippen LogP contribution in [0, 0.1) is 12.7 Å². The van der Waals surface area contributed by atoms with Crippen LogP contribution in [0.15, 0.2) is 65.8 Å². The molecule has 0 aliphatic rings. The van der Waals surface area contributed by atoms with E-state index in [1.807, 2.05) is 26.0 Å². The molecule has 7 heteroatoms. The third-order valence-corrected chi connectivity index (χ3v) is 4.68. The predicted octanol–water partition coefficient (Wildman–Crippen LogP) is 5.53. The molecule has 0 aliphatic heterocycles. The summed E-state index contributed by atoms with van der Waals surface area (Å²) in [5.74, 6) is 0.220. The lowest BCUT2D eigenvalue weighted by Crippen LogP contribution is -2.18. The average Bonchev–Trinajstić information content (AvgIpc) is 2.75. The lowest BCUT2D eigenvalue weighted by molar-refractivity contribution is 0.0954. The summed E-state index contributed by atoms with van der Waals surface area (Å²) in [6.45, 7) is 4.33. The number of ether oxygens (including phenoxy) is 2. The molecular weight excluding hydrogens is 419 g/mol. The van der Waals surface area contributed by atoms with Gasteiger partial charge in [0.2, 0.25) is 0 Å². The van der Waals surface area contributed by atoms with Gasteiger partial charge in [-0.3, -0.25) is 4.79 Å². The van der Waals surface area contributed by atoms with Crippen molar-refractivity contribution in [3.63, 3.8) is 0 Å². The fourth-order valence-electron chi connectivity index (χ4n) is 2.85. The zero-order chi connectivity index (χ0) is 22.2. The molecule has 0 radical (unpaired) electrons. The largest absolute Gasteiger partial charge is 0.490 e. The standard InChI is InChI=1S/C24H22ClFN2O3/c1-3-30-22-13-18(14-27-28-24(29)20-7-5-4-6-16(20)2)12-21(25)23(22)31-15-17-8-10-19(26)11-9-17/h4-14H,3,15H2,1-2H3,(H,28,29)/b27-14+. The van der Waals surface area contributed by atoms with E-state index in [-0.39, 0.29) is 18.3 Å². The molecule has 0 saturated carbocycles. The monoisotopic (exact) mass is 440 g/mol. The molecule has 0 saturated heterocycles. The summed E-state index contributed by atoms with van der Waals surface area (Å²) >= 11 is 6.41. The van der Waals surface area contributed by atoms with E-state index in [1.54, 1.807) is 36.4 Å². The Morgan fingerprint density at radius 1 is 1.13 bits per heavy atom. The third-order valence-electron chi connectivity index (χ3n) is 4.40. The fourth-order valence-corrected chi connectivity index (χ4v) is 3.13. The molecule has 3 rings (SSSR count). The van der Waals surface area contributed by atoms with Crippen LogP contribution < -0.4 is 14.9 Å². The Kier molecular flexibility index (Phi) is 7.62. The van der Waals surface area contributed by atoms with Crippen molar-refractivity contribution < 1.29 is 18.7 Å². The topological polar surface area (TPSA) is 59.9 Å². The molecule has 0 fully saturated rings. The van der Waals surface area contributed by atoms with Gasteiger partial charge in [0.15, 0.2) is 11.5 Å². The number of aryl methyl sites for hydroxylation is 1. The number of rotatable bonds is 8. The summed E-state index contributed by atoms with van der Waals surface area (Å²) in [7, 11) is 0. The van der Waals surface area contributed by atoms with Crippen molar-refractivity contribution >= 4 is 23.7 Å². The first kappa shape index (κ1) is 22.3. The van der Waals surface area contributed by atoms with Gasteiger partial charge in [0, 0.05) is 5.56 Å². The Hall–Kier alpha value is -3.38. The molecule has 0 heterocycles. The van der Waals surface area contributed by atoms with Crippen molar-refractivity contribution in [1.82, 2.24) is 5.43 Å². The summed E-state index contributed by atoms with van der Waals surface area (Å²) in [6.07, 6.45) is 1.48. The summed E-state index contributed by atoms with van der Waals surface area (Å²) < 4.78 is 24.6. The first-order valence-corrected chi connectivity index (χ1v) is 10.1. The highest BCUT2D eigenvalue weighted by molar-refractivity contribution is 6.32. The minimum absolute atomic E-state index is 0.208. The fraction of sp³-hybridized carbons (Fsp3) is 0.167. The number of carbonyl (C=O) groups is 1. The second kappa shape index (κ2) is 10.6. The van der Waals surface area contributed by atoms with E-state index >= 15 is 0 Å². The van der Waals surface area contributed by atoms with E-state index in [1.165, 1.54) is 18.3 Å². The van der Waals surface area contributed by atoms with Gasteiger partial charge in [0.05, 0.1) is 17.8 Å². The molecule has 1 amide bonds. The number of hydrazone groups is 1. The quantitative estimate of drug-likeness (QED) is 0.370. The third kappa shape index (κ3) is 6.06. The first-order chi connectivity index (χ1) is 15.0. The van der Waals surface area contributed by atoms with E-state index in [0.717, 1.165) is 11.1 Å². The van der Waals surface area contributed by atoms with E-state index in [9.17, 15) is 9.18 Å². The SMILES string of the molecule is CCOc1cc(/C=N/NC(=O)c2ccccc2C)cc(Cl)c1OCc1ccc(F)cc1. The number of carbonyl (C=O) groups excluding carboxylic acids is 1. The van der Waals surface area contributed by atoms with Crippen LogP contribution in [0.5, 0.6) is 11.5 Å².